The van der Waals surface area contributed by atoms with Gasteiger partial charge in [-0.2, -0.15) is 0 Å². The van der Waals surface area contributed by atoms with Crippen LogP contribution in [0.3, 0.4) is 0 Å². The van der Waals surface area contributed by atoms with Gasteiger partial charge >= 0.3 is 0 Å². The molecule has 0 radical (unpaired) electrons. The molecular formula is C15H20N2. The van der Waals surface area contributed by atoms with Crippen LogP contribution in [-0.4, -0.2) is 16.8 Å². The highest BCUT2D eigenvalue weighted by atomic mass is 15.2. The van der Waals surface area contributed by atoms with Crippen molar-refractivity contribution in [2.75, 3.05) is 0 Å². The predicted octanol–water partition coefficient (Wildman–Crippen LogP) is 3.41. The molecule has 1 aromatic carbocycles. The second-order valence-electron chi connectivity index (χ2n) is 5.56. The van der Waals surface area contributed by atoms with E-state index in [1.54, 1.807) is 0 Å². The first-order chi connectivity index (χ1) is 8.25. The maximum atomic E-state index is 8.32. The molecule has 17 heavy (non-hydrogen) atoms. The largest absolute Gasteiger partial charge is 0.349 e. The van der Waals surface area contributed by atoms with Crippen LogP contribution in [0.25, 0.3) is 0 Å². The summed E-state index contributed by atoms with van der Waals surface area (Å²) in [6.45, 7) is 3.30. The second kappa shape index (κ2) is 4.17. The van der Waals surface area contributed by atoms with E-state index in [-0.39, 0.29) is 0 Å². The van der Waals surface area contributed by atoms with E-state index in [1.807, 2.05) is 6.07 Å². The third-order valence-corrected chi connectivity index (χ3v) is 4.25. The van der Waals surface area contributed by atoms with E-state index < -0.39 is 0 Å². The van der Waals surface area contributed by atoms with Gasteiger partial charge in [0.1, 0.15) is 5.84 Å². The smallest absolute Gasteiger partial charge is 0.128 e. The summed E-state index contributed by atoms with van der Waals surface area (Å²) in [7, 11) is 0. The number of hydrogen-bond donors (Lipinski definition) is 1. The highest BCUT2D eigenvalue weighted by Gasteiger charge is 2.31. The van der Waals surface area contributed by atoms with Crippen LogP contribution in [0.2, 0.25) is 0 Å². The van der Waals surface area contributed by atoms with Crippen molar-refractivity contribution in [3.8, 4) is 0 Å². The van der Waals surface area contributed by atoms with Gasteiger partial charge in [-0.15, -0.1) is 0 Å². The SMILES string of the molecule is CC1CCCC(N2Cc3ccccc3C2=N)C1. The Morgan fingerprint density at radius 1 is 1.24 bits per heavy atom. The molecule has 0 spiro atoms. The summed E-state index contributed by atoms with van der Waals surface area (Å²) in [5.74, 6) is 1.57. The Labute approximate surface area is 103 Å². The molecule has 2 nitrogen and oxygen atoms in total. The van der Waals surface area contributed by atoms with Crippen molar-refractivity contribution in [1.29, 1.82) is 5.41 Å². The number of nitrogens with one attached hydrogen (secondary N) is 1. The number of fused-ring (bicyclic) bond motifs is 1. The van der Waals surface area contributed by atoms with Crippen LogP contribution in [0.5, 0.6) is 0 Å². The average Bonchev–Trinajstić information content (AvgIpc) is 2.68. The van der Waals surface area contributed by atoms with Crippen molar-refractivity contribution in [3.05, 3.63) is 35.4 Å². The summed E-state index contributed by atoms with van der Waals surface area (Å²) < 4.78 is 0. The van der Waals surface area contributed by atoms with Crippen LogP contribution >= 0.6 is 0 Å². The Morgan fingerprint density at radius 3 is 2.82 bits per heavy atom. The zero-order valence-electron chi connectivity index (χ0n) is 10.4. The molecule has 2 heteroatoms. The Hall–Kier alpha value is -1.31. The summed E-state index contributed by atoms with van der Waals surface area (Å²) in [6.07, 6.45) is 5.22. The van der Waals surface area contributed by atoms with E-state index >= 15 is 0 Å². The third kappa shape index (κ3) is 1.86. The number of rotatable bonds is 1. The van der Waals surface area contributed by atoms with E-state index in [4.69, 9.17) is 5.41 Å². The van der Waals surface area contributed by atoms with Gasteiger partial charge in [0.05, 0.1) is 0 Å². The minimum atomic E-state index is 0.596. The predicted molar refractivity (Wildman–Crippen MR) is 70.2 cm³/mol. The van der Waals surface area contributed by atoms with Gasteiger partial charge in [-0.3, -0.25) is 5.41 Å². The molecule has 0 aromatic heterocycles. The van der Waals surface area contributed by atoms with Crippen LogP contribution in [0.1, 0.15) is 43.7 Å². The van der Waals surface area contributed by atoms with Crippen molar-refractivity contribution in [2.45, 2.75) is 45.2 Å². The molecule has 2 unspecified atom stereocenters. The number of nitrogens with zero attached hydrogens (tertiary/aromatic N) is 1. The third-order valence-electron chi connectivity index (χ3n) is 4.25. The first kappa shape index (κ1) is 10.8. The summed E-state index contributed by atoms with van der Waals surface area (Å²) in [4.78, 5) is 2.32. The van der Waals surface area contributed by atoms with Crippen LogP contribution in [0.15, 0.2) is 24.3 Å². The fraction of sp³-hybridized carbons (Fsp3) is 0.533. The zero-order valence-corrected chi connectivity index (χ0v) is 10.4. The topological polar surface area (TPSA) is 27.1 Å². The fourth-order valence-corrected chi connectivity index (χ4v) is 3.30. The normalized spacial score (nSPS) is 28.3. The Morgan fingerprint density at radius 2 is 2.06 bits per heavy atom. The minimum absolute atomic E-state index is 0.596. The van der Waals surface area contributed by atoms with Crippen LogP contribution in [0.4, 0.5) is 0 Å². The Balaban J connectivity index is 1.81. The summed E-state index contributed by atoms with van der Waals surface area (Å²) >= 11 is 0. The van der Waals surface area contributed by atoms with E-state index in [2.05, 4.69) is 30.0 Å². The lowest BCUT2D eigenvalue weighted by molar-refractivity contribution is 0.206. The highest BCUT2D eigenvalue weighted by molar-refractivity contribution is 6.00. The van der Waals surface area contributed by atoms with Gasteiger partial charge in [0.2, 0.25) is 0 Å². The number of hydrogen-bond acceptors (Lipinski definition) is 1. The molecule has 0 saturated heterocycles. The van der Waals surface area contributed by atoms with Crippen molar-refractivity contribution in [1.82, 2.24) is 4.90 Å². The second-order valence-corrected chi connectivity index (χ2v) is 5.56. The van der Waals surface area contributed by atoms with Gasteiger partial charge < -0.3 is 4.90 Å². The minimum Gasteiger partial charge on any atom is -0.349 e. The molecule has 1 fully saturated rings. The zero-order chi connectivity index (χ0) is 11.8. The molecule has 2 atom stereocenters. The molecule has 2 aliphatic rings. The molecule has 3 rings (SSSR count). The number of amidine groups is 1. The van der Waals surface area contributed by atoms with Gasteiger partial charge in [-0.05, 0) is 24.3 Å². The van der Waals surface area contributed by atoms with Crippen molar-refractivity contribution < 1.29 is 0 Å². The van der Waals surface area contributed by atoms with Gasteiger partial charge in [-0.1, -0.05) is 44.0 Å². The van der Waals surface area contributed by atoms with Crippen LogP contribution in [0, 0.1) is 11.3 Å². The van der Waals surface area contributed by atoms with Gasteiger partial charge in [0.15, 0.2) is 0 Å². The quantitative estimate of drug-likeness (QED) is 0.783. The first-order valence-corrected chi connectivity index (χ1v) is 6.69. The van der Waals surface area contributed by atoms with Crippen molar-refractivity contribution in [2.24, 2.45) is 5.92 Å². The Bertz CT molecular complexity index is 438. The molecular weight excluding hydrogens is 208 g/mol. The van der Waals surface area contributed by atoms with Gasteiger partial charge in [0.25, 0.3) is 0 Å². The molecule has 1 heterocycles. The number of benzene rings is 1. The van der Waals surface area contributed by atoms with E-state index in [9.17, 15) is 0 Å². The summed E-state index contributed by atoms with van der Waals surface area (Å²) in [5, 5.41) is 8.32. The fourth-order valence-electron chi connectivity index (χ4n) is 3.30. The average molecular weight is 228 g/mol. The van der Waals surface area contributed by atoms with Gasteiger partial charge in [-0.25, -0.2) is 0 Å². The molecule has 0 bridgehead atoms. The lowest BCUT2D eigenvalue weighted by atomic mass is 9.86. The molecule has 1 aliphatic carbocycles. The molecule has 1 N–H and O–H groups in total. The van der Waals surface area contributed by atoms with Crippen LogP contribution in [-0.2, 0) is 6.54 Å². The lowest BCUT2D eigenvalue weighted by Crippen LogP contribution is -2.38. The standard InChI is InChI=1S/C15H20N2/c1-11-5-4-7-13(9-11)17-10-12-6-2-3-8-14(12)15(17)16/h2-3,6,8,11,13,16H,4-5,7,9-10H2,1H3. The Kier molecular flexibility index (Phi) is 2.65. The molecule has 1 aliphatic heterocycles. The molecule has 0 amide bonds. The summed E-state index contributed by atoms with van der Waals surface area (Å²) in [6, 6.07) is 8.97. The van der Waals surface area contributed by atoms with Crippen molar-refractivity contribution >= 4 is 5.84 Å². The van der Waals surface area contributed by atoms with Crippen molar-refractivity contribution in [3.63, 3.8) is 0 Å². The summed E-state index contributed by atoms with van der Waals surface area (Å²) in [5.41, 5.74) is 2.47. The molecule has 90 valence electrons. The molecule has 1 aromatic rings. The lowest BCUT2D eigenvalue weighted by Gasteiger charge is -2.35. The van der Waals surface area contributed by atoms with E-state index in [1.165, 1.54) is 31.2 Å². The highest BCUT2D eigenvalue weighted by Crippen LogP contribution is 2.32. The van der Waals surface area contributed by atoms with Gasteiger partial charge in [0, 0.05) is 18.2 Å². The van der Waals surface area contributed by atoms with Crippen LogP contribution < -0.4 is 0 Å². The first-order valence-electron chi connectivity index (χ1n) is 6.69. The maximum Gasteiger partial charge on any atom is 0.128 e. The molecule has 1 saturated carbocycles. The maximum absolute atomic E-state index is 8.32. The van der Waals surface area contributed by atoms with E-state index in [0.717, 1.165) is 23.9 Å². The van der Waals surface area contributed by atoms with E-state index in [0.29, 0.717) is 6.04 Å². The monoisotopic (exact) mass is 228 g/mol.